The number of rotatable bonds is 3. The minimum Gasteiger partial charge on any atom is -0.356 e. The molecule has 0 amide bonds. The Labute approximate surface area is 139 Å². The van der Waals surface area contributed by atoms with Crippen molar-refractivity contribution in [2.24, 2.45) is 5.92 Å². The molecule has 0 aliphatic carbocycles. The largest absolute Gasteiger partial charge is 0.391 e. The van der Waals surface area contributed by atoms with Gasteiger partial charge in [-0.25, -0.2) is 4.98 Å². The summed E-state index contributed by atoms with van der Waals surface area (Å²) < 4.78 is 65.5. The van der Waals surface area contributed by atoms with Crippen molar-refractivity contribution in [1.29, 1.82) is 0 Å². The molecule has 1 aromatic heterocycles. The highest BCUT2D eigenvalue weighted by molar-refractivity contribution is 14.1. The zero-order valence-corrected chi connectivity index (χ0v) is 14.1. The number of aromatic nitrogens is 1. The standard InChI is InChI=1S/C14H16F5IN2/c1-13(15,16)11-3-2-9(8-20)12(21-11)22-6-4-10(5-7-22)14(17,18)19/h2-3,10H,4-8H2,1H3. The van der Waals surface area contributed by atoms with Crippen LogP contribution in [0.4, 0.5) is 27.8 Å². The monoisotopic (exact) mass is 434 g/mol. The fraction of sp³-hybridized carbons (Fsp3) is 0.643. The van der Waals surface area contributed by atoms with Gasteiger partial charge in [0.1, 0.15) is 11.5 Å². The number of hydrogen-bond donors (Lipinski definition) is 0. The van der Waals surface area contributed by atoms with Crippen LogP contribution in [0.3, 0.4) is 0 Å². The van der Waals surface area contributed by atoms with Gasteiger partial charge in [0.15, 0.2) is 0 Å². The molecule has 2 heterocycles. The second kappa shape index (κ2) is 6.45. The average molecular weight is 434 g/mol. The molecule has 0 N–H and O–H groups in total. The van der Waals surface area contributed by atoms with Crippen molar-refractivity contribution in [3.63, 3.8) is 0 Å². The molecule has 2 nitrogen and oxygen atoms in total. The topological polar surface area (TPSA) is 16.1 Å². The van der Waals surface area contributed by atoms with Gasteiger partial charge >= 0.3 is 6.18 Å². The first-order valence-electron chi connectivity index (χ1n) is 6.88. The van der Waals surface area contributed by atoms with Crippen molar-refractivity contribution in [3.05, 3.63) is 23.4 Å². The van der Waals surface area contributed by atoms with Crippen molar-refractivity contribution in [2.75, 3.05) is 18.0 Å². The van der Waals surface area contributed by atoms with Gasteiger partial charge in [-0.2, -0.15) is 22.0 Å². The van der Waals surface area contributed by atoms with E-state index in [4.69, 9.17) is 0 Å². The van der Waals surface area contributed by atoms with E-state index in [2.05, 4.69) is 27.6 Å². The lowest BCUT2D eigenvalue weighted by molar-refractivity contribution is -0.179. The van der Waals surface area contributed by atoms with Crippen LogP contribution in [-0.2, 0) is 10.4 Å². The van der Waals surface area contributed by atoms with Gasteiger partial charge in [0, 0.05) is 30.0 Å². The first kappa shape index (κ1) is 17.7. The molecule has 2 rings (SSSR count). The third kappa shape index (κ3) is 3.99. The van der Waals surface area contributed by atoms with Gasteiger partial charge in [0.05, 0.1) is 5.92 Å². The van der Waals surface area contributed by atoms with E-state index in [9.17, 15) is 22.0 Å². The number of nitrogens with zero attached hydrogens (tertiary/aromatic N) is 2. The molecule has 124 valence electrons. The maximum atomic E-state index is 13.4. The Morgan fingerprint density at radius 3 is 2.23 bits per heavy atom. The quantitative estimate of drug-likeness (QED) is 0.382. The minimum absolute atomic E-state index is 0.0292. The molecule has 0 saturated carbocycles. The summed E-state index contributed by atoms with van der Waals surface area (Å²) in [6.07, 6.45) is -4.25. The van der Waals surface area contributed by atoms with E-state index in [0.717, 1.165) is 12.5 Å². The van der Waals surface area contributed by atoms with E-state index in [1.54, 1.807) is 11.0 Å². The number of hydrogen-bond acceptors (Lipinski definition) is 2. The zero-order valence-electron chi connectivity index (χ0n) is 11.9. The fourth-order valence-corrected chi connectivity index (χ4v) is 3.11. The average Bonchev–Trinajstić information content (AvgIpc) is 2.45. The lowest BCUT2D eigenvalue weighted by Gasteiger charge is -2.34. The van der Waals surface area contributed by atoms with E-state index in [0.29, 0.717) is 10.2 Å². The van der Waals surface area contributed by atoms with E-state index < -0.39 is 18.0 Å². The minimum atomic E-state index is -4.19. The summed E-state index contributed by atoms with van der Waals surface area (Å²) in [5.74, 6) is -4.00. The van der Waals surface area contributed by atoms with Crippen molar-refractivity contribution in [2.45, 2.75) is 36.3 Å². The van der Waals surface area contributed by atoms with Crippen LogP contribution in [0.25, 0.3) is 0 Å². The van der Waals surface area contributed by atoms with Crippen LogP contribution >= 0.6 is 22.6 Å². The molecule has 8 heteroatoms. The van der Waals surface area contributed by atoms with Gasteiger partial charge < -0.3 is 4.90 Å². The molecule has 1 saturated heterocycles. The molecule has 0 unspecified atom stereocenters. The van der Waals surface area contributed by atoms with Gasteiger partial charge in [-0.05, 0) is 18.9 Å². The predicted molar refractivity (Wildman–Crippen MR) is 82.5 cm³/mol. The number of piperidine rings is 1. The molecule has 0 aromatic carbocycles. The Bertz CT molecular complexity index is 519. The van der Waals surface area contributed by atoms with Crippen LogP contribution < -0.4 is 4.90 Å². The highest BCUT2D eigenvalue weighted by Crippen LogP contribution is 2.36. The molecular weight excluding hydrogens is 418 g/mol. The second-order valence-corrected chi connectivity index (χ2v) is 6.27. The molecule has 22 heavy (non-hydrogen) atoms. The first-order valence-corrected chi connectivity index (χ1v) is 8.41. The third-order valence-electron chi connectivity index (χ3n) is 3.81. The molecule has 1 aliphatic heterocycles. The zero-order chi connectivity index (χ0) is 16.5. The normalized spacial score (nSPS) is 17.9. The van der Waals surface area contributed by atoms with Gasteiger partial charge in [-0.15, -0.1) is 0 Å². The Kier molecular flexibility index (Phi) is 5.18. The van der Waals surface area contributed by atoms with E-state index in [1.807, 2.05) is 0 Å². The maximum Gasteiger partial charge on any atom is 0.391 e. The number of halogens is 6. The van der Waals surface area contributed by atoms with Crippen LogP contribution in [0.1, 0.15) is 31.0 Å². The van der Waals surface area contributed by atoms with Crippen LogP contribution in [0.5, 0.6) is 0 Å². The second-order valence-electron chi connectivity index (χ2n) is 5.50. The van der Waals surface area contributed by atoms with Crippen molar-refractivity contribution in [3.8, 4) is 0 Å². The van der Waals surface area contributed by atoms with E-state index >= 15 is 0 Å². The van der Waals surface area contributed by atoms with Crippen molar-refractivity contribution >= 4 is 28.4 Å². The molecule has 1 aromatic rings. The Hall–Kier alpha value is -0.670. The summed E-state index contributed by atoms with van der Waals surface area (Å²) >= 11 is 2.09. The Morgan fingerprint density at radius 2 is 1.77 bits per heavy atom. The van der Waals surface area contributed by atoms with Crippen LogP contribution in [0.2, 0.25) is 0 Å². The highest BCUT2D eigenvalue weighted by atomic mass is 127. The summed E-state index contributed by atoms with van der Waals surface area (Å²) in [5.41, 5.74) is 0.410. The Morgan fingerprint density at radius 1 is 1.18 bits per heavy atom. The molecular formula is C14H16F5IN2. The van der Waals surface area contributed by atoms with Crippen molar-refractivity contribution in [1.82, 2.24) is 4.98 Å². The smallest absolute Gasteiger partial charge is 0.356 e. The van der Waals surface area contributed by atoms with Crippen LogP contribution in [0.15, 0.2) is 12.1 Å². The molecule has 0 radical (unpaired) electrons. The van der Waals surface area contributed by atoms with E-state index in [1.165, 1.54) is 6.07 Å². The lowest BCUT2D eigenvalue weighted by Crippen LogP contribution is -2.40. The summed E-state index contributed by atoms with van der Waals surface area (Å²) in [6, 6.07) is 2.86. The molecule has 0 bridgehead atoms. The van der Waals surface area contributed by atoms with Crippen molar-refractivity contribution < 1.29 is 22.0 Å². The maximum absolute atomic E-state index is 13.4. The molecule has 0 atom stereocenters. The fourth-order valence-electron chi connectivity index (χ4n) is 2.52. The van der Waals surface area contributed by atoms with Crippen LogP contribution in [0, 0.1) is 5.92 Å². The van der Waals surface area contributed by atoms with Gasteiger partial charge in [-0.1, -0.05) is 28.7 Å². The number of pyridine rings is 1. The summed E-state index contributed by atoms with van der Waals surface area (Å²) in [7, 11) is 0. The Balaban J connectivity index is 2.22. The summed E-state index contributed by atoms with van der Waals surface area (Å²) in [6.45, 7) is 1.12. The van der Waals surface area contributed by atoms with E-state index in [-0.39, 0.29) is 31.6 Å². The molecule has 1 fully saturated rings. The predicted octanol–water partition coefficient (Wildman–Crippen LogP) is 4.91. The van der Waals surface area contributed by atoms with Gasteiger partial charge in [0.25, 0.3) is 5.92 Å². The molecule has 0 spiro atoms. The first-order chi connectivity index (χ1) is 10.1. The summed E-state index contributed by atoms with van der Waals surface area (Å²) in [4.78, 5) is 5.70. The summed E-state index contributed by atoms with van der Waals surface area (Å²) in [5, 5.41) is 0. The SMILES string of the molecule is CC(F)(F)c1ccc(CI)c(N2CCC(C(F)(F)F)CC2)n1. The number of anilines is 1. The third-order valence-corrected chi connectivity index (χ3v) is 4.63. The lowest BCUT2D eigenvalue weighted by atomic mass is 9.96. The molecule has 1 aliphatic rings. The number of alkyl halides is 6. The highest BCUT2D eigenvalue weighted by Gasteiger charge is 2.41. The van der Waals surface area contributed by atoms with Gasteiger partial charge in [0.2, 0.25) is 0 Å². The van der Waals surface area contributed by atoms with Gasteiger partial charge in [-0.3, -0.25) is 0 Å². The van der Waals surface area contributed by atoms with Crippen LogP contribution in [-0.4, -0.2) is 24.2 Å².